The van der Waals surface area contributed by atoms with Gasteiger partial charge >= 0.3 is 0 Å². The van der Waals surface area contributed by atoms with Crippen LogP contribution in [0.5, 0.6) is 0 Å². The zero-order chi connectivity index (χ0) is 18.8. The highest BCUT2D eigenvalue weighted by Crippen LogP contribution is 2.14. The first-order valence-electron chi connectivity index (χ1n) is 8.76. The highest BCUT2D eigenvalue weighted by molar-refractivity contribution is 14.0. The molecule has 0 aliphatic carbocycles. The third kappa shape index (κ3) is 7.76. The number of rotatable bonds is 7. The molecule has 1 amide bonds. The molecule has 0 saturated carbocycles. The normalized spacial score (nSPS) is 10.7. The van der Waals surface area contributed by atoms with Gasteiger partial charge in [-0.05, 0) is 43.2 Å². The van der Waals surface area contributed by atoms with E-state index in [0.29, 0.717) is 25.2 Å². The van der Waals surface area contributed by atoms with E-state index in [-0.39, 0.29) is 29.9 Å². The Hall–Kier alpha value is -1.80. The van der Waals surface area contributed by atoms with Gasteiger partial charge in [0.25, 0.3) is 5.91 Å². The predicted octanol–water partition coefficient (Wildman–Crippen LogP) is 3.96. The van der Waals surface area contributed by atoms with Crippen molar-refractivity contribution in [3.63, 3.8) is 0 Å². The monoisotopic (exact) mass is 500 g/mol. The van der Waals surface area contributed by atoms with Crippen LogP contribution in [0.1, 0.15) is 35.3 Å². The molecule has 0 saturated heterocycles. The van der Waals surface area contributed by atoms with Gasteiger partial charge in [-0.1, -0.05) is 41.9 Å². The van der Waals surface area contributed by atoms with Crippen molar-refractivity contribution < 1.29 is 4.79 Å². The first-order chi connectivity index (χ1) is 12.6. The molecule has 2 aromatic carbocycles. The fourth-order valence-corrected chi connectivity index (χ4v) is 2.56. The molecule has 3 N–H and O–H groups in total. The zero-order valence-electron chi connectivity index (χ0n) is 15.6. The van der Waals surface area contributed by atoms with Crippen LogP contribution in [0, 0.1) is 0 Å². The van der Waals surface area contributed by atoms with Gasteiger partial charge in [0.2, 0.25) is 0 Å². The van der Waals surface area contributed by atoms with E-state index in [0.717, 1.165) is 28.7 Å². The van der Waals surface area contributed by atoms with Crippen LogP contribution in [-0.2, 0) is 13.1 Å². The van der Waals surface area contributed by atoms with Gasteiger partial charge in [0.15, 0.2) is 5.96 Å². The molecule has 0 spiro atoms. The SMILES string of the molecule is CCNC(=O)c1ccc(CN=C(NCC)NCc2ccccc2Cl)cc1.I. The first kappa shape index (κ1) is 23.2. The average molecular weight is 501 g/mol. The van der Waals surface area contributed by atoms with Crippen LogP contribution in [0.3, 0.4) is 0 Å². The third-order valence-corrected chi connectivity index (χ3v) is 4.09. The van der Waals surface area contributed by atoms with Crippen molar-refractivity contribution in [3.8, 4) is 0 Å². The lowest BCUT2D eigenvalue weighted by Gasteiger charge is -2.12. The molecule has 146 valence electrons. The number of nitrogens with zero attached hydrogens (tertiary/aromatic N) is 1. The fraction of sp³-hybridized carbons (Fsp3) is 0.300. The van der Waals surface area contributed by atoms with Gasteiger partial charge in [-0.2, -0.15) is 0 Å². The fourth-order valence-electron chi connectivity index (χ4n) is 2.36. The Morgan fingerprint density at radius 2 is 1.63 bits per heavy atom. The number of hydrogen-bond acceptors (Lipinski definition) is 2. The van der Waals surface area contributed by atoms with Crippen LogP contribution in [0.4, 0.5) is 0 Å². The van der Waals surface area contributed by atoms with Gasteiger partial charge in [0.1, 0.15) is 0 Å². The minimum atomic E-state index is -0.0581. The van der Waals surface area contributed by atoms with Crippen LogP contribution in [0.25, 0.3) is 0 Å². The Morgan fingerprint density at radius 3 is 2.26 bits per heavy atom. The van der Waals surface area contributed by atoms with Crippen molar-refractivity contribution >= 4 is 47.4 Å². The molecule has 2 aromatic rings. The first-order valence-corrected chi connectivity index (χ1v) is 9.14. The van der Waals surface area contributed by atoms with Crippen molar-refractivity contribution in [2.24, 2.45) is 4.99 Å². The summed E-state index contributed by atoms with van der Waals surface area (Å²) in [5.41, 5.74) is 2.71. The lowest BCUT2D eigenvalue weighted by molar-refractivity contribution is 0.0956. The summed E-state index contributed by atoms with van der Waals surface area (Å²) >= 11 is 6.19. The van der Waals surface area contributed by atoms with Crippen LogP contribution >= 0.6 is 35.6 Å². The van der Waals surface area contributed by atoms with Crippen molar-refractivity contribution in [1.29, 1.82) is 0 Å². The lowest BCUT2D eigenvalue weighted by Crippen LogP contribution is -2.36. The average Bonchev–Trinajstić information content (AvgIpc) is 2.66. The van der Waals surface area contributed by atoms with E-state index in [4.69, 9.17) is 11.6 Å². The van der Waals surface area contributed by atoms with E-state index in [2.05, 4.69) is 20.9 Å². The maximum Gasteiger partial charge on any atom is 0.251 e. The molecule has 0 bridgehead atoms. The number of carbonyl (C=O) groups excluding carboxylic acids is 1. The Morgan fingerprint density at radius 1 is 0.963 bits per heavy atom. The maximum absolute atomic E-state index is 11.8. The topological polar surface area (TPSA) is 65.5 Å². The molecule has 0 radical (unpaired) electrons. The van der Waals surface area contributed by atoms with Gasteiger partial charge in [0, 0.05) is 30.2 Å². The molecule has 0 heterocycles. The standard InChI is InChI=1S/C20H25ClN4O.HI/c1-3-22-19(26)16-11-9-15(10-12-16)13-24-20(23-4-2)25-14-17-7-5-6-8-18(17)21;/h5-12H,3-4,13-14H2,1-2H3,(H,22,26)(H2,23,24,25);1H. The van der Waals surface area contributed by atoms with Gasteiger partial charge < -0.3 is 16.0 Å². The number of benzene rings is 2. The zero-order valence-corrected chi connectivity index (χ0v) is 18.7. The number of amides is 1. The lowest BCUT2D eigenvalue weighted by atomic mass is 10.1. The summed E-state index contributed by atoms with van der Waals surface area (Å²) in [7, 11) is 0. The number of guanidine groups is 1. The summed E-state index contributed by atoms with van der Waals surface area (Å²) < 4.78 is 0. The van der Waals surface area contributed by atoms with Crippen LogP contribution in [-0.4, -0.2) is 25.0 Å². The maximum atomic E-state index is 11.8. The van der Waals surface area contributed by atoms with E-state index in [1.165, 1.54) is 0 Å². The Bertz CT molecular complexity index is 750. The Labute approximate surface area is 183 Å². The molecular weight excluding hydrogens is 475 g/mol. The molecule has 0 aromatic heterocycles. The second-order valence-corrected chi connectivity index (χ2v) is 6.10. The summed E-state index contributed by atoms with van der Waals surface area (Å²) in [5.74, 6) is 0.664. The van der Waals surface area contributed by atoms with Crippen molar-refractivity contribution in [1.82, 2.24) is 16.0 Å². The molecule has 7 heteroatoms. The Kier molecular flexibility index (Phi) is 10.8. The van der Waals surface area contributed by atoms with Crippen LogP contribution in [0.2, 0.25) is 5.02 Å². The molecule has 0 aliphatic rings. The van der Waals surface area contributed by atoms with Gasteiger partial charge in [-0.15, -0.1) is 24.0 Å². The predicted molar refractivity (Wildman–Crippen MR) is 123 cm³/mol. The Balaban J connectivity index is 0.00000364. The molecule has 0 atom stereocenters. The summed E-state index contributed by atoms with van der Waals surface area (Å²) in [5, 5.41) is 10.0. The summed E-state index contributed by atoms with van der Waals surface area (Å²) in [6.07, 6.45) is 0. The van der Waals surface area contributed by atoms with E-state index in [9.17, 15) is 4.79 Å². The van der Waals surface area contributed by atoms with Gasteiger partial charge in [0.05, 0.1) is 6.54 Å². The molecular formula is C20H26ClIN4O. The molecule has 5 nitrogen and oxygen atoms in total. The molecule has 0 unspecified atom stereocenters. The van der Waals surface area contributed by atoms with E-state index in [1.54, 1.807) is 0 Å². The minimum Gasteiger partial charge on any atom is -0.357 e. The van der Waals surface area contributed by atoms with Gasteiger partial charge in [-0.25, -0.2) is 4.99 Å². The van der Waals surface area contributed by atoms with Crippen molar-refractivity contribution in [2.45, 2.75) is 26.9 Å². The molecule has 2 rings (SSSR count). The summed E-state index contributed by atoms with van der Waals surface area (Å²) in [6, 6.07) is 15.2. The van der Waals surface area contributed by atoms with Crippen molar-refractivity contribution in [2.75, 3.05) is 13.1 Å². The highest BCUT2D eigenvalue weighted by Gasteiger charge is 2.04. The number of hydrogen-bond donors (Lipinski definition) is 3. The van der Waals surface area contributed by atoms with Crippen LogP contribution in [0.15, 0.2) is 53.5 Å². The van der Waals surface area contributed by atoms with Crippen molar-refractivity contribution in [3.05, 3.63) is 70.2 Å². The second-order valence-electron chi connectivity index (χ2n) is 5.70. The molecule has 27 heavy (non-hydrogen) atoms. The second kappa shape index (κ2) is 12.6. The van der Waals surface area contributed by atoms with E-state index in [1.807, 2.05) is 62.4 Å². The third-order valence-electron chi connectivity index (χ3n) is 3.72. The highest BCUT2D eigenvalue weighted by atomic mass is 127. The quantitative estimate of drug-likeness (QED) is 0.306. The number of halogens is 2. The number of nitrogens with one attached hydrogen (secondary N) is 3. The summed E-state index contributed by atoms with van der Waals surface area (Å²) in [6.45, 7) is 6.43. The largest absolute Gasteiger partial charge is 0.357 e. The van der Waals surface area contributed by atoms with E-state index >= 15 is 0 Å². The van der Waals surface area contributed by atoms with E-state index < -0.39 is 0 Å². The number of carbonyl (C=O) groups is 1. The smallest absolute Gasteiger partial charge is 0.251 e. The molecule has 0 fully saturated rings. The van der Waals surface area contributed by atoms with Gasteiger partial charge in [-0.3, -0.25) is 4.79 Å². The molecule has 0 aliphatic heterocycles. The minimum absolute atomic E-state index is 0. The summed E-state index contributed by atoms with van der Waals surface area (Å²) in [4.78, 5) is 16.4. The van der Waals surface area contributed by atoms with Crippen LogP contribution < -0.4 is 16.0 Å². The number of aliphatic imine (C=N–C) groups is 1.